The molecular formula is C16H26O2. The van der Waals surface area contributed by atoms with Crippen LogP contribution < -0.4 is 0 Å². The van der Waals surface area contributed by atoms with Gasteiger partial charge < -0.3 is 9.84 Å². The Hall–Kier alpha value is -0.860. The van der Waals surface area contributed by atoms with Gasteiger partial charge in [-0.15, -0.1) is 0 Å². The third kappa shape index (κ3) is 5.19. The van der Waals surface area contributed by atoms with E-state index in [-0.39, 0.29) is 6.10 Å². The van der Waals surface area contributed by atoms with Gasteiger partial charge in [0.1, 0.15) is 6.10 Å². The van der Waals surface area contributed by atoms with E-state index < -0.39 is 6.10 Å². The van der Waals surface area contributed by atoms with Crippen molar-refractivity contribution in [3.63, 3.8) is 0 Å². The predicted octanol–water partition coefficient (Wildman–Crippen LogP) is 4.10. The molecule has 0 heterocycles. The summed E-state index contributed by atoms with van der Waals surface area (Å²) in [6.45, 7) is 2.21. The molecule has 1 aromatic rings. The van der Waals surface area contributed by atoms with Crippen LogP contribution in [0.2, 0.25) is 0 Å². The first-order valence-corrected chi connectivity index (χ1v) is 7.05. The van der Waals surface area contributed by atoms with Crippen molar-refractivity contribution < 1.29 is 9.84 Å². The van der Waals surface area contributed by atoms with Crippen molar-refractivity contribution in [3.8, 4) is 0 Å². The van der Waals surface area contributed by atoms with Crippen molar-refractivity contribution >= 4 is 0 Å². The van der Waals surface area contributed by atoms with Crippen LogP contribution in [0.5, 0.6) is 0 Å². The second-order valence-corrected chi connectivity index (χ2v) is 4.84. The third-order valence-electron chi connectivity index (χ3n) is 3.33. The average Bonchev–Trinajstić information content (AvgIpc) is 2.40. The van der Waals surface area contributed by atoms with Crippen molar-refractivity contribution in [3.05, 3.63) is 35.9 Å². The van der Waals surface area contributed by atoms with Crippen LogP contribution >= 0.6 is 0 Å². The fourth-order valence-electron chi connectivity index (χ4n) is 2.27. The first kappa shape index (κ1) is 15.2. The number of hydrogen-bond donors (Lipinski definition) is 1. The van der Waals surface area contributed by atoms with Crippen LogP contribution in [-0.2, 0) is 4.74 Å². The highest BCUT2D eigenvalue weighted by Crippen LogP contribution is 2.23. The molecule has 1 aromatic carbocycles. The highest BCUT2D eigenvalue weighted by atomic mass is 16.5. The topological polar surface area (TPSA) is 29.5 Å². The van der Waals surface area contributed by atoms with E-state index in [4.69, 9.17) is 4.74 Å². The molecule has 0 saturated carbocycles. The molecule has 2 nitrogen and oxygen atoms in total. The summed E-state index contributed by atoms with van der Waals surface area (Å²) in [5.41, 5.74) is 1.06. The molecule has 0 aromatic heterocycles. The Kier molecular flexibility index (Phi) is 7.70. The maximum absolute atomic E-state index is 10.2. The van der Waals surface area contributed by atoms with Gasteiger partial charge in [-0.1, -0.05) is 69.4 Å². The van der Waals surface area contributed by atoms with Gasteiger partial charge in [0, 0.05) is 7.11 Å². The maximum Gasteiger partial charge on any atom is 0.108 e. The summed E-state index contributed by atoms with van der Waals surface area (Å²) in [5.74, 6) is 0. The molecule has 0 aliphatic rings. The number of hydrogen-bond acceptors (Lipinski definition) is 2. The number of ether oxygens (including phenoxy) is 1. The van der Waals surface area contributed by atoms with Crippen LogP contribution in [0.25, 0.3) is 0 Å². The smallest absolute Gasteiger partial charge is 0.108 e. The Bertz CT molecular complexity index is 297. The Morgan fingerprint density at radius 1 is 1.06 bits per heavy atom. The van der Waals surface area contributed by atoms with Gasteiger partial charge in [-0.2, -0.15) is 0 Å². The van der Waals surface area contributed by atoms with Crippen molar-refractivity contribution in [2.75, 3.05) is 7.11 Å². The predicted molar refractivity (Wildman–Crippen MR) is 75.6 cm³/mol. The monoisotopic (exact) mass is 250 g/mol. The van der Waals surface area contributed by atoms with Gasteiger partial charge in [0.2, 0.25) is 0 Å². The first-order valence-electron chi connectivity index (χ1n) is 7.05. The van der Waals surface area contributed by atoms with Crippen molar-refractivity contribution in [1.82, 2.24) is 0 Å². The fraction of sp³-hybridized carbons (Fsp3) is 0.625. The Balaban J connectivity index is 2.36. The van der Waals surface area contributed by atoms with Gasteiger partial charge in [-0.05, 0) is 12.0 Å². The summed E-state index contributed by atoms with van der Waals surface area (Å²) in [6.07, 6.45) is 6.32. The Morgan fingerprint density at radius 2 is 1.72 bits per heavy atom. The standard InChI is InChI=1S/C16H26O2/c1-3-4-5-6-10-13-15(17)16(18-2)14-11-8-7-9-12-14/h7-9,11-12,15-17H,3-6,10,13H2,1-2H3. The molecule has 2 unspecified atom stereocenters. The minimum Gasteiger partial charge on any atom is -0.390 e. The molecule has 0 amide bonds. The minimum absolute atomic E-state index is 0.197. The lowest BCUT2D eigenvalue weighted by atomic mass is 9.99. The molecule has 2 atom stereocenters. The molecule has 0 saturated heterocycles. The number of unbranched alkanes of at least 4 members (excludes halogenated alkanes) is 4. The van der Waals surface area contributed by atoms with Gasteiger partial charge >= 0.3 is 0 Å². The minimum atomic E-state index is -0.404. The zero-order valence-corrected chi connectivity index (χ0v) is 11.6. The maximum atomic E-state index is 10.2. The summed E-state index contributed by atoms with van der Waals surface area (Å²) in [4.78, 5) is 0. The molecule has 0 spiro atoms. The van der Waals surface area contributed by atoms with Gasteiger partial charge in [0.05, 0.1) is 6.10 Å². The number of rotatable bonds is 9. The van der Waals surface area contributed by atoms with Crippen molar-refractivity contribution in [2.45, 2.75) is 57.7 Å². The van der Waals surface area contributed by atoms with E-state index in [0.29, 0.717) is 0 Å². The lowest BCUT2D eigenvalue weighted by Crippen LogP contribution is -2.20. The molecule has 18 heavy (non-hydrogen) atoms. The van der Waals surface area contributed by atoms with E-state index >= 15 is 0 Å². The van der Waals surface area contributed by atoms with Crippen LogP contribution in [-0.4, -0.2) is 18.3 Å². The van der Waals surface area contributed by atoms with Crippen LogP contribution in [0, 0.1) is 0 Å². The number of methoxy groups -OCH3 is 1. The van der Waals surface area contributed by atoms with Crippen LogP contribution in [0.15, 0.2) is 30.3 Å². The average molecular weight is 250 g/mol. The van der Waals surface area contributed by atoms with E-state index in [1.165, 1.54) is 25.7 Å². The van der Waals surface area contributed by atoms with E-state index in [1.807, 2.05) is 30.3 Å². The molecule has 0 aliphatic carbocycles. The molecule has 102 valence electrons. The first-order chi connectivity index (χ1) is 8.79. The van der Waals surface area contributed by atoms with Gasteiger partial charge in [0.15, 0.2) is 0 Å². The normalized spacial score (nSPS) is 14.4. The quantitative estimate of drug-likeness (QED) is 0.669. The molecule has 2 heteroatoms. The van der Waals surface area contributed by atoms with Crippen LogP contribution in [0.1, 0.15) is 57.1 Å². The zero-order chi connectivity index (χ0) is 13.2. The van der Waals surface area contributed by atoms with E-state index in [1.54, 1.807) is 7.11 Å². The summed E-state index contributed by atoms with van der Waals surface area (Å²) in [7, 11) is 1.66. The van der Waals surface area contributed by atoms with Gasteiger partial charge in [0.25, 0.3) is 0 Å². The summed E-state index contributed by atoms with van der Waals surface area (Å²) in [6, 6.07) is 9.96. The zero-order valence-electron chi connectivity index (χ0n) is 11.6. The molecule has 0 radical (unpaired) electrons. The Morgan fingerprint density at radius 3 is 2.33 bits per heavy atom. The summed E-state index contributed by atoms with van der Waals surface area (Å²) < 4.78 is 5.43. The highest BCUT2D eigenvalue weighted by Gasteiger charge is 2.19. The molecule has 0 bridgehead atoms. The van der Waals surface area contributed by atoms with E-state index in [0.717, 1.165) is 18.4 Å². The van der Waals surface area contributed by atoms with Crippen molar-refractivity contribution in [2.24, 2.45) is 0 Å². The largest absolute Gasteiger partial charge is 0.390 e. The molecule has 0 aliphatic heterocycles. The SMILES string of the molecule is CCCCCCCC(O)C(OC)c1ccccc1. The lowest BCUT2D eigenvalue weighted by Gasteiger charge is -2.22. The molecule has 1 N–H and O–H groups in total. The lowest BCUT2D eigenvalue weighted by molar-refractivity contribution is -0.0183. The Labute approximate surface area is 111 Å². The third-order valence-corrected chi connectivity index (χ3v) is 3.33. The number of aliphatic hydroxyl groups is 1. The van der Waals surface area contributed by atoms with E-state index in [9.17, 15) is 5.11 Å². The molecule has 1 rings (SSSR count). The van der Waals surface area contributed by atoms with Crippen LogP contribution in [0.3, 0.4) is 0 Å². The second kappa shape index (κ2) is 9.12. The molecule has 0 fully saturated rings. The van der Waals surface area contributed by atoms with E-state index in [2.05, 4.69) is 6.92 Å². The van der Waals surface area contributed by atoms with Gasteiger partial charge in [-0.25, -0.2) is 0 Å². The fourth-order valence-corrected chi connectivity index (χ4v) is 2.27. The van der Waals surface area contributed by atoms with Gasteiger partial charge in [-0.3, -0.25) is 0 Å². The van der Waals surface area contributed by atoms with Crippen molar-refractivity contribution in [1.29, 1.82) is 0 Å². The summed E-state index contributed by atoms with van der Waals surface area (Å²) >= 11 is 0. The summed E-state index contributed by atoms with van der Waals surface area (Å²) in [5, 5.41) is 10.2. The molecular weight excluding hydrogens is 224 g/mol. The number of benzene rings is 1. The highest BCUT2D eigenvalue weighted by molar-refractivity contribution is 5.18. The second-order valence-electron chi connectivity index (χ2n) is 4.84. The number of aliphatic hydroxyl groups excluding tert-OH is 1. The van der Waals surface area contributed by atoms with Crippen LogP contribution in [0.4, 0.5) is 0 Å².